The molecular weight excluding hydrogens is 250 g/mol. The maximum atomic E-state index is 10.0. The fourth-order valence-corrected chi connectivity index (χ4v) is 2.54. The molecule has 106 valence electrons. The van der Waals surface area contributed by atoms with E-state index in [0.717, 1.165) is 12.2 Å². The second-order valence-corrected chi connectivity index (χ2v) is 5.01. The minimum Gasteiger partial charge on any atom is -0.507 e. The highest BCUT2D eigenvalue weighted by molar-refractivity contribution is 5.54. The SMILES string of the molecule is CCN(c1ccc(C)cc1)C(C)c1c(O)cccc1O. The summed E-state index contributed by atoms with van der Waals surface area (Å²) in [6.45, 7) is 6.89. The number of anilines is 1. The summed E-state index contributed by atoms with van der Waals surface area (Å²) in [5.41, 5.74) is 2.85. The molecule has 2 aromatic carbocycles. The molecule has 0 heterocycles. The van der Waals surface area contributed by atoms with Crippen molar-refractivity contribution in [3.05, 3.63) is 53.6 Å². The van der Waals surface area contributed by atoms with Crippen LogP contribution in [-0.2, 0) is 0 Å². The monoisotopic (exact) mass is 271 g/mol. The van der Waals surface area contributed by atoms with Gasteiger partial charge in [0.1, 0.15) is 11.5 Å². The first-order chi connectivity index (χ1) is 9.54. The molecule has 2 rings (SSSR count). The molecule has 0 aliphatic carbocycles. The zero-order valence-electron chi connectivity index (χ0n) is 12.2. The van der Waals surface area contributed by atoms with Crippen LogP contribution in [0, 0.1) is 6.92 Å². The van der Waals surface area contributed by atoms with E-state index in [-0.39, 0.29) is 17.5 Å². The van der Waals surface area contributed by atoms with Crippen LogP contribution in [0.25, 0.3) is 0 Å². The van der Waals surface area contributed by atoms with Crippen molar-refractivity contribution in [2.24, 2.45) is 0 Å². The third-order valence-corrected chi connectivity index (χ3v) is 3.65. The number of rotatable bonds is 4. The molecule has 1 atom stereocenters. The molecule has 0 aliphatic heterocycles. The Labute approximate surface area is 120 Å². The van der Waals surface area contributed by atoms with Crippen molar-refractivity contribution < 1.29 is 10.2 Å². The van der Waals surface area contributed by atoms with Gasteiger partial charge in [0.2, 0.25) is 0 Å². The smallest absolute Gasteiger partial charge is 0.124 e. The Hall–Kier alpha value is -2.16. The highest BCUT2D eigenvalue weighted by Gasteiger charge is 2.21. The van der Waals surface area contributed by atoms with E-state index < -0.39 is 0 Å². The number of aromatic hydroxyl groups is 2. The summed E-state index contributed by atoms with van der Waals surface area (Å²) < 4.78 is 0. The summed E-state index contributed by atoms with van der Waals surface area (Å²) in [5, 5.41) is 20.0. The molecular formula is C17H21NO2. The Morgan fingerprint density at radius 2 is 1.55 bits per heavy atom. The number of benzene rings is 2. The maximum absolute atomic E-state index is 10.0. The van der Waals surface area contributed by atoms with Crippen molar-refractivity contribution in [2.45, 2.75) is 26.8 Å². The molecule has 0 bridgehead atoms. The molecule has 0 aromatic heterocycles. The maximum Gasteiger partial charge on any atom is 0.124 e. The van der Waals surface area contributed by atoms with Gasteiger partial charge < -0.3 is 15.1 Å². The third kappa shape index (κ3) is 2.72. The highest BCUT2D eigenvalue weighted by Crippen LogP contribution is 2.37. The van der Waals surface area contributed by atoms with Crippen molar-refractivity contribution in [1.82, 2.24) is 0 Å². The van der Waals surface area contributed by atoms with E-state index in [2.05, 4.69) is 43.0 Å². The molecule has 20 heavy (non-hydrogen) atoms. The summed E-state index contributed by atoms with van der Waals surface area (Å²) >= 11 is 0. The quantitative estimate of drug-likeness (QED) is 0.883. The molecule has 3 nitrogen and oxygen atoms in total. The average molecular weight is 271 g/mol. The standard InChI is InChI=1S/C17H21NO2/c1-4-18(14-10-8-12(2)9-11-14)13(3)17-15(19)6-5-7-16(17)20/h5-11,13,19-20H,4H2,1-3H3. The zero-order chi connectivity index (χ0) is 14.7. The number of hydrogen-bond donors (Lipinski definition) is 2. The average Bonchev–Trinajstić information content (AvgIpc) is 2.41. The fraction of sp³-hybridized carbons (Fsp3) is 0.294. The molecule has 1 unspecified atom stereocenters. The molecule has 0 saturated heterocycles. The van der Waals surface area contributed by atoms with E-state index in [0.29, 0.717) is 5.56 Å². The van der Waals surface area contributed by atoms with Gasteiger partial charge in [0, 0.05) is 12.2 Å². The number of aryl methyl sites for hydroxylation is 1. The van der Waals surface area contributed by atoms with Crippen LogP contribution in [-0.4, -0.2) is 16.8 Å². The van der Waals surface area contributed by atoms with Crippen LogP contribution in [0.3, 0.4) is 0 Å². The zero-order valence-corrected chi connectivity index (χ0v) is 12.2. The normalized spacial score (nSPS) is 12.2. The lowest BCUT2D eigenvalue weighted by Crippen LogP contribution is -2.26. The lowest BCUT2D eigenvalue weighted by Gasteiger charge is -2.31. The first-order valence-corrected chi connectivity index (χ1v) is 6.88. The van der Waals surface area contributed by atoms with Crippen molar-refractivity contribution in [2.75, 3.05) is 11.4 Å². The number of nitrogens with zero attached hydrogens (tertiary/aromatic N) is 1. The van der Waals surface area contributed by atoms with Crippen LogP contribution < -0.4 is 4.90 Å². The predicted molar refractivity (Wildman–Crippen MR) is 82.4 cm³/mol. The van der Waals surface area contributed by atoms with Gasteiger partial charge >= 0.3 is 0 Å². The number of phenols is 2. The van der Waals surface area contributed by atoms with Gasteiger partial charge in [0.15, 0.2) is 0 Å². The molecule has 0 fully saturated rings. The van der Waals surface area contributed by atoms with Crippen LogP contribution in [0.2, 0.25) is 0 Å². The van der Waals surface area contributed by atoms with Gasteiger partial charge in [-0.2, -0.15) is 0 Å². The third-order valence-electron chi connectivity index (χ3n) is 3.65. The van der Waals surface area contributed by atoms with Gasteiger partial charge in [0.05, 0.1) is 11.6 Å². The minimum atomic E-state index is -0.107. The van der Waals surface area contributed by atoms with Crippen LogP contribution in [0.15, 0.2) is 42.5 Å². The molecule has 0 amide bonds. The van der Waals surface area contributed by atoms with Gasteiger partial charge in [-0.25, -0.2) is 0 Å². The lowest BCUT2D eigenvalue weighted by atomic mass is 10.0. The van der Waals surface area contributed by atoms with Crippen LogP contribution >= 0.6 is 0 Å². The van der Waals surface area contributed by atoms with Gasteiger partial charge in [-0.3, -0.25) is 0 Å². The van der Waals surface area contributed by atoms with Crippen molar-refractivity contribution in [3.63, 3.8) is 0 Å². The van der Waals surface area contributed by atoms with Crippen LogP contribution in [0.5, 0.6) is 11.5 Å². The van der Waals surface area contributed by atoms with Crippen LogP contribution in [0.4, 0.5) is 5.69 Å². The van der Waals surface area contributed by atoms with Crippen LogP contribution in [0.1, 0.15) is 31.0 Å². The van der Waals surface area contributed by atoms with Crippen molar-refractivity contribution in [3.8, 4) is 11.5 Å². The Kier molecular flexibility index (Phi) is 4.18. The Morgan fingerprint density at radius 3 is 2.05 bits per heavy atom. The second-order valence-electron chi connectivity index (χ2n) is 5.01. The first-order valence-electron chi connectivity index (χ1n) is 6.88. The predicted octanol–water partition coefficient (Wildman–Crippen LogP) is 3.99. The highest BCUT2D eigenvalue weighted by atomic mass is 16.3. The van der Waals surface area contributed by atoms with Gasteiger partial charge in [-0.15, -0.1) is 0 Å². The molecule has 0 saturated carbocycles. The van der Waals surface area contributed by atoms with E-state index in [1.807, 2.05) is 6.92 Å². The van der Waals surface area contributed by atoms with Gasteiger partial charge in [-0.1, -0.05) is 23.8 Å². The Balaban J connectivity index is 2.39. The lowest BCUT2D eigenvalue weighted by molar-refractivity contribution is 0.428. The molecule has 2 N–H and O–H groups in total. The van der Waals surface area contributed by atoms with E-state index in [1.54, 1.807) is 18.2 Å². The van der Waals surface area contributed by atoms with E-state index in [9.17, 15) is 10.2 Å². The molecule has 0 aliphatic rings. The van der Waals surface area contributed by atoms with Gasteiger partial charge in [0.25, 0.3) is 0 Å². The first kappa shape index (κ1) is 14.3. The molecule has 0 spiro atoms. The van der Waals surface area contributed by atoms with E-state index in [1.165, 1.54) is 5.56 Å². The molecule has 3 heteroatoms. The second kappa shape index (κ2) is 5.87. The molecule has 2 aromatic rings. The van der Waals surface area contributed by atoms with Crippen molar-refractivity contribution >= 4 is 5.69 Å². The summed E-state index contributed by atoms with van der Waals surface area (Å²) in [6, 6.07) is 13.0. The van der Waals surface area contributed by atoms with E-state index >= 15 is 0 Å². The Morgan fingerprint density at radius 1 is 1.00 bits per heavy atom. The summed E-state index contributed by atoms with van der Waals surface area (Å²) in [6.07, 6.45) is 0. The summed E-state index contributed by atoms with van der Waals surface area (Å²) in [5.74, 6) is 0.256. The minimum absolute atomic E-state index is 0.107. The van der Waals surface area contributed by atoms with E-state index in [4.69, 9.17) is 0 Å². The fourth-order valence-electron chi connectivity index (χ4n) is 2.54. The summed E-state index contributed by atoms with van der Waals surface area (Å²) in [7, 11) is 0. The summed E-state index contributed by atoms with van der Waals surface area (Å²) in [4.78, 5) is 2.15. The van der Waals surface area contributed by atoms with Crippen molar-refractivity contribution in [1.29, 1.82) is 0 Å². The number of hydrogen-bond acceptors (Lipinski definition) is 3. The largest absolute Gasteiger partial charge is 0.507 e. The Bertz CT molecular complexity index is 558. The topological polar surface area (TPSA) is 43.7 Å². The molecule has 0 radical (unpaired) electrons. The van der Waals surface area contributed by atoms with Gasteiger partial charge in [-0.05, 0) is 45.0 Å². The number of phenolic OH excluding ortho intramolecular Hbond substituents is 2.